The van der Waals surface area contributed by atoms with Crippen LogP contribution < -0.4 is 4.74 Å². The topological polar surface area (TPSA) is 97.6 Å². The quantitative estimate of drug-likeness (QED) is 0.360. The zero-order valence-corrected chi connectivity index (χ0v) is 17.0. The molecule has 0 radical (unpaired) electrons. The summed E-state index contributed by atoms with van der Waals surface area (Å²) in [7, 11) is 1.52. The van der Waals surface area contributed by atoms with Gasteiger partial charge in [0.25, 0.3) is 11.7 Å². The fourth-order valence-electron chi connectivity index (χ4n) is 3.76. The maximum Gasteiger partial charge on any atom is 0.295 e. The molecule has 4 rings (SSSR count). The van der Waals surface area contributed by atoms with Crippen molar-refractivity contribution < 1.29 is 19.4 Å². The van der Waals surface area contributed by atoms with Crippen LogP contribution in [0.2, 0.25) is 0 Å². The van der Waals surface area contributed by atoms with E-state index in [0.29, 0.717) is 36.4 Å². The fourth-order valence-corrected chi connectivity index (χ4v) is 3.76. The molecule has 1 amide bonds. The van der Waals surface area contributed by atoms with Gasteiger partial charge in [-0.3, -0.25) is 14.6 Å². The average Bonchev–Trinajstić information content (AvgIpc) is 3.41. The minimum atomic E-state index is -0.720. The lowest BCUT2D eigenvalue weighted by Gasteiger charge is -2.25. The molecular formula is C23H22N4O4. The third-order valence-electron chi connectivity index (χ3n) is 5.26. The molecule has 158 valence electrons. The number of hydrogen-bond donors (Lipinski definition) is 1. The van der Waals surface area contributed by atoms with E-state index in [1.807, 2.05) is 10.8 Å². The second kappa shape index (κ2) is 8.83. The molecule has 1 saturated heterocycles. The number of aryl methyl sites for hydroxylation is 1. The molecule has 1 aliphatic rings. The van der Waals surface area contributed by atoms with Crippen molar-refractivity contribution in [2.24, 2.45) is 0 Å². The minimum absolute atomic E-state index is 0.0499. The lowest BCUT2D eigenvalue weighted by Crippen LogP contribution is -2.31. The van der Waals surface area contributed by atoms with Crippen molar-refractivity contribution in [2.45, 2.75) is 19.0 Å². The van der Waals surface area contributed by atoms with Gasteiger partial charge in [-0.2, -0.15) is 0 Å². The van der Waals surface area contributed by atoms with Crippen molar-refractivity contribution in [3.8, 4) is 5.75 Å². The molecule has 31 heavy (non-hydrogen) atoms. The number of carbonyl (C=O) groups excluding carboxylic acids is 2. The van der Waals surface area contributed by atoms with Crippen LogP contribution in [0.15, 0.2) is 73.1 Å². The van der Waals surface area contributed by atoms with E-state index in [1.165, 1.54) is 12.0 Å². The van der Waals surface area contributed by atoms with Crippen LogP contribution in [0.3, 0.4) is 0 Å². The molecular weight excluding hydrogens is 396 g/mol. The first-order valence-electron chi connectivity index (χ1n) is 9.88. The Morgan fingerprint density at radius 2 is 2.00 bits per heavy atom. The predicted octanol–water partition coefficient (Wildman–Crippen LogP) is 2.80. The number of aliphatic hydroxyl groups is 1. The van der Waals surface area contributed by atoms with E-state index < -0.39 is 17.7 Å². The van der Waals surface area contributed by atoms with Crippen LogP contribution in [0, 0.1) is 0 Å². The van der Waals surface area contributed by atoms with Gasteiger partial charge in [-0.05, 0) is 30.2 Å². The van der Waals surface area contributed by atoms with E-state index in [9.17, 15) is 14.7 Å². The lowest BCUT2D eigenvalue weighted by molar-refractivity contribution is -0.139. The third-order valence-corrected chi connectivity index (χ3v) is 5.26. The monoisotopic (exact) mass is 418 g/mol. The van der Waals surface area contributed by atoms with Gasteiger partial charge in [-0.25, -0.2) is 4.98 Å². The molecule has 3 aromatic rings. The Balaban J connectivity index is 1.72. The fraction of sp³-hybridized carbons (Fsp3) is 0.217. The van der Waals surface area contributed by atoms with Crippen molar-refractivity contribution in [1.29, 1.82) is 0 Å². The number of Topliss-reactive ketones (excluding diaryl/α,β-unsaturated/α-hetero) is 1. The largest absolute Gasteiger partial charge is 0.507 e. The molecule has 0 bridgehead atoms. The molecule has 0 saturated carbocycles. The number of nitrogens with zero attached hydrogens (tertiary/aromatic N) is 4. The van der Waals surface area contributed by atoms with Crippen molar-refractivity contribution >= 4 is 17.4 Å². The Morgan fingerprint density at radius 1 is 1.13 bits per heavy atom. The Morgan fingerprint density at radius 3 is 2.71 bits per heavy atom. The van der Waals surface area contributed by atoms with Crippen LogP contribution in [0.4, 0.5) is 0 Å². The van der Waals surface area contributed by atoms with Gasteiger partial charge < -0.3 is 19.3 Å². The van der Waals surface area contributed by atoms with E-state index >= 15 is 0 Å². The summed E-state index contributed by atoms with van der Waals surface area (Å²) in [5.74, 6) is -1.04. The van der Waals surface area contributed by atoms with Crippen molar-refractivity contribution in [3.63, 3.8) is 0 Å². The van der Waals surface area contributed by atoms with Crippen molar-refractivity contribution in [2.75, 3.05) is 13.7 Å². The SMILES string of the molecule is COc1cccc(/C(O)=C2\C(=O)C(=O)N(CCCn3ccnc3)[C@H]2c2cccnc2)c1. The van der Waals surface area contributed by atoms with E-state index in [1.54, 1.807) is 61.3 Å². The van der Waals surface area contributed by atoms with Crippen LogP contribution in [-0.2, 0) is 16.1 Å². The van der Waals surface area contributed by atoms with Crippen LogP contribution in [-0.4, -0.2) is 49.9 Å². The highest BCUT2D eigenvalue weighted by Gasteiger charge is 2.45. The second-order valence-electron chi connectivity index (χ2n) is 7.16. The maximum absolute atomic E-state index is 13.0. The molecule has 3 heterocycles. The third kappa shape index (κ3) is 4.05. The minimum Gasteiger partial charge on any atom is -0.507 e. The summed E-state index contributed by atoms with van der Waals surface area (Å²) >= 11 is 0. The average molecular weight is 418 g/mol. The summed E-state index contributed by atoms with van der Waals surface area (Å²) in [5.41, 5.74) is 1.12. The first-order valence-corrected chi connectivity index (χ1v) is 9.88. The van der Waals surface area contributed by atoms with Gasteiger partial charge in [0, 0.05) is 43.4 Å². The van der Waals surface area contributed by atoms with Crippen LogP contribution in [0.5, 0.6) is 5.75 Å². The van der Waals surface area contributed by atoms with Crippen molar-refractivity contribution in [1.82, 2.24) is 19.4 Å². The summed E-state index contributed by atoms with van der Waals surface area (Å²) in [5, 5.41) is 11.0. The highest BCUT2D eigenvalue weighted by Crippen LogP contribution is 2.39. The van der Waals surface area contributed by atoms with Crippen molar-refractivity contribution in [3.05, 3.63) is 84.2 Å². The molecule has 1 atom stereocenters. The van der Waals surface area contributed by atoms with Crippen LogP contribution in [0.25, 0.3) is 5.76 Å². The summed E-state index contributed by atoms with van der Waals surface area (Å²) in [6, 6.07) is 9.57. The number of amides is 1. The Labute approximate surface area is 179 Å². The normalized spacial score (nSPS) is 17.8. The number of pyridine rings is 1. The lowest BCUT2D eigenvalue weighted by atomic mass is 9.96. The Hall–Kier alpha value is -3.94. The van der Waals surface area contributed by atoms with Gasteiger partial charge in [-0.1, -0.05) is 18.2 Å². The maximum atomic E-state index is 13.0. The number of ketones is 1. The number of hydrogen-bond acceptors (Lipinski definition) is 6. The number of likely N-dealkylation sites (tertiary alicyclic amines) is 1. The van der Waals surface area contributed by atoms with Gasteiger partial charge >= 0.3 is 0 Å². The predicted molar refractivity (Wildman–Crippen MR) is 113 cm³/mol. The number of imidazole rings is 1. The van der Waals surface area contributed by atoms with E-state index in [4.69, 9.17) is 4.74 Å². The van der Waals surface area contributed by atoms with E-state index in [-0.39, 0.29) is 11.3 Å². The second-order valence-corrected chi connectivity index (χ2v) is 7.16. The smallest absolute Gasteiger partial charge is 0.295 e. The van der Waals surface area contributed by atoms with E-state index in [2.05, 4.69) is 9.97 Å². The Kier molecular flexibility index (Phi) is 5.79. The number of aromatic nitrogens is 3. The number of benzene rings is 1. The standard InChI is InChI=1S/C23H22N4O4/c1-31-18-7-2-5-16(13-18)21(28)19-20(17-6-3-8-24-14-17)27(23(30)22(19)29)11-4-10-26-12-9-25-15-26/h2-3,5-9,12-15,20,28H,4,10-11H2,1H3/b21-19+/t20-/m0/s1. The number of ether oxygens (including phenoxy) is 1. The molecule has 1 fully saturated rings. The van der Waals surface area contributed by atoms with Crippen LogP contribution in [0.1, 0.15) is 23.6 Å². The molecule has 8 heteroatoms. The Bertz CT molecular complexity index is 1110. The molecule has 8 nitrogen and oxygen atoms in total. The van der Waals surface area contributed by atoms with Gasteiger partial charge in [0.2, 0.25) is 0 Å². The molecule has 1 aliphatic heterocycles. The molecule has 0 spiro atoms. The van der Waals surface area contributed by atoms with Gasteiger partial charge in [0.15, 0.2) is 0 Å². The van der Waals surface area contributed by atoms with E-state index in [0.717, 1.165) is 0 Å². The van der Waals surface area contributed by atoms with Crippen LogP contribution >= 0.6 is 0 Å². The first kappa shape index (κ1) is 20.3. The summed E-state index contributed by atoms with van der Waals surface area (Å²) in [6.07, 6.45) is 9.09. The molecule has 0 aliphatic carbocycles. The molecule has 0 unspecified atom stereocenters. The summed E-state index contributed by atoms with van der Waals surface area (Å²) in [6.45, 7) is 0.996. The van der Waals surface area contributed by atoms with Gasteiger partial charge in [-0.15, -0.1) is 0 Å². The number of carbonyl (C=O) groups is 2. The van der Waals surface area contributed by atoms with Gasteiger partial charge in [0.05, 0.1) is 25.1 Å². The summed E-state index contributed by atoms with van der Waals surface area (Å²) < 4.78 is 7.13. The zero-order chi connectivity index (χ0) is 21.8. The van der Waals surface area contributed by atoms with Gasteiger partial charge in [0.1, 0.15) is 11.5 Å². The first-order chi connectivity index (χ1) is 15.1. The number of rotatable bonds is 7. The highest BCUT2D eigenvalue weighted by molar-refractivity contribution is 6.46. The molecule has 1 N–H and O–H groups in total. The number of methoxy groups -OCH3 is 1. The zero-order valence-electron chi connectivity index (χ0n) is 17.0. The highest BCUT2D eigenvalue weighted by atomic mass is 16.5. The molecule has 2 aromatic heterocycles. The summed E-state index contributed by atoms with van der Waals surface area (Å²) in [4.78, 5) is 35.6. The molecule has 1 aromatic carbocycles. The number of aliphatic hydroxyl groups excluding tert-OH is 1.